The Bertz CT molecular complexity index is 1000. The Kier molecular flexibility index (Phi) is 7.80. The third-order valence-corrected chi connectivity index (χ3v) is 7.59. The van der Waals surface area contributed by atoms with Crippen molar-refractivity contribution in [2.45, 2.75) is 50.0 Å². The Morgan fingerprint density at radius 3 is 2.53 bits per heavy atom. The molecule has 3 rings (SSSR count). The van der Waals surface area contributed by atoms with Crippen LogP contribution in [0.15, 0.2) is 63.0 Å². The lowest BCUT2D eigenvalue weighted by atomic mass is 9.95. The highest BCUT2D eigenvalue weighted by Gasteiger charge is 2.33. The summed E-state index contributed by atoms with van der Waals surface area (Å²) >= 11 is 3.33. The standard InChI is InChI=1S/C22H26BrN3O3S/c1-17-6-5-7-18(14-17)15-24-25-22(27)16-26(20-8-3-2-4-9-20)30(28,29)21-12-10-19(23)11-13-21/h5-7,10-15,20H,2-4,8-9,16H2,1H3,(H,25,27). The molecule has 0 unspecified atom stereocenters. The van der Waals surface area contributed by atoms with Gasteiger partial charge in [0.25, 0.3) is 5.91 Å². The topological polar surface area (TPSA) is 78.8 Å². The number of halogens is 1. The number of nitrogens with zero attached hydrogens (tertiary/aromatic N) is 2. The SMILES string of the molecule is Cc1cccc(C=NNC(=O)CN(C2CCCCC2)S(=O)(=O)c2ccc(Br)cc2)c1. The summed E-state index contributed by atoms with van der Waals surface area (Å²) < 4.78 is 28.7. The van der Waals surface area contributed by atoms with Crippen molar-refractivity contribution in [3.63, 3.8) is 0 Å². The van der Waals surface area contributed by atoms with Gasteiger partial charge in [0.2, 0.25) is 10.0 Å². The zero-order chi connectivity index (χ0) is 21.6. The second-order valence-electron chi connectivity index (χ2n) is 7.50. The number of benzene rings is 2. The largest absolute Gasteiger partial charge is 0.272 e. The molecule has 0 spiro atoms. The molecule has 1 aliphatic carbocycles. The third-order valence-electron chi connectivity index (χ3n) is 5.15. The van der Waals surface area contributed by atoms with E-state index >= 15 is 0 Å². The lowest BCUT2D eigenvalue weighted by molar-refractivity contribution is -0.121. The molecule has 0 atom stereocenters. The summed E-state index contributed by atoms with van der Waals surface area (Å²) in [5, 5.41) is 4.00. The molecule has 30 heavy (non-hydrogen) atoms. The Morgan fingerprint density at radius 1 is 1.17 bits per heavy atom. The van der Waals surface area contributed by atoms with Crippen molar-refractivity contribution in [1.29, 1.82) is 0 Å². The van der Waals surface area contributed by atoms with Crippen molar-refractivity contribution in [3.8, 4) is 0 Å². The first-order valence-corrected chi connectivity index (χ1v) is 12.3. The summed E-state index contributed by atoms with van der Waals surface area (Å²) in [6.07, 6.45) is 6.09. The van der Waals surface area contributed by atoms with Crippen molar-refractivity contribution in [1.82, 2.24) is 9.73 Å². The van der Waals surface area contributed by atoms with Crippen LogP contribution in [0.3, 0.4) is 0 Å². The van der Waals surface area contributed by atoms with Gasteiger partial charge in [0.15, 0.2) is 0 Å². The molecule has 0 aromatic heterocycles. The van der Waals surface area contributed by atoms with E-state index in [9.17, 15) is 13.2 Å². The molecule has 0 aliphatic heterocycles. The minimum Gasteiger partial charge on any atom is -0.272 e. The number of hydrogen-bond donors (Lipinski definition) is 1. The average molecular weight is 492 g/mol. The van der Waals surface area contributed by atoms with Crippen LogP contribution in [0.4, 0.5) is 0 Å². The molecular formula is C22H26BrN3O3S. The zero-order valence-corrected chi connectivity index (χ0v) is 19.3. The van der Waals surface area contributed by atoms with Crippen LogP contribution in [0.25, 0.3) is 0 Å². The van der Waals surface area contributed by atoms with E-state index in [1.54, 1.807) is 30.5 Å². The Hall–Kier alpha value is -2.03. The van der Waals surface area contributed by atoms with Crippen LogP contribution >= 0.6 is 15.9 Å². The van der Waals surface area contributed by atoms with Gasteiger partial charge in [-0.05, 0) is 49.6 Å². The van der Waals surface area contributed by atoms with Gasteiger partial charge in [-0.1, -0.05) is 65.0 Å². The summed E-state index contributed by atoms with van der Waals surface area (Å²) in [5.74, 6) is -0.454. The number of hydrazone groups is 1. The second-order valence-corrected chi connectivity index (χ2v) is 10.3. The molecule has 0 radical (unpaired) electrons. The number of carbonyl (C=O) groups excluding carboxylic acids is 1. The molecular weight excluding hydrogens is 466 g/mol. The van der Waals surface area contributed by atoms with Gasteiger partial charge in [-0.3, -0.25) is 4.79 Å². The number of carbonyl (C=O) groups is 1. The summed E-state index contributed by atoms with van der Waals surface area (Å²) in [6, 6.07) is 14.0. The van der Waals surface area contributed by atoms with Gasteiger partial charge in [-0.15, -0.1) is 0 Å². The minimum absolute atomic E-state index is 0.182. The maximum atomic E-state index is 13.3. The van der Waals surface area contributed by atoms with Crippen LogP contribution in [0, 0.1) is 6.92 Å². The van der Waals surface area contributed by atoms with Gasteiger partial charge in [-0.2, -0.15) is 9.41 Å². The van der Waals surface area contributed by atoms with Gasteiger partial charge < -0.3 is 0 Å². The Balaban J connectivity index is 1.75. The number of amides is 1. The first-order chi connectivity index (χ1) is 14.4. The average Bonchev–Trinajstić information content (AvgIpc) is 2.73. The smallest absolute Gasteiger partial charge is 0.255 e. The van der Waals surface area contributed by atoms with Crippen molar-refractivity contribution >= 4 is 38.1 Å². The number of sulfonamides is 1. The third kappa shape index (κ3) is 6.00. The predicted octanol–water partition coefficient (Wildman–Crippen LogP) is 4.23. The van der Waals surface area contributed by atoms with E-state index in [1.165, 1.54) is 4.31 Å². The Labute approximate surface area is 186 Å². The van der Waals surface area contributed by atoms with E-state index < -0.39 is 15.9 Å². The quantitative estimate of drug-likeness (QED) is 0.464. The predicted molar refractivity (Wildman–Crippen MR) is 122 cm³/mol. The number of hydrogen-bond acceptors (Lipinski definition) is 4. The van der Waals surface area contributed by atoms with Gasteiger partial charge in [-0.25, -0.2) is 13.8 Å². The monoisotopic (exact) mass is 491 g/mol. The fourth-order valence-corrected chi connectivity index (χ4v) is 5.53. The molecule has 0 bridgehead atoms. The molecule has 1 N–H and O–H groups in total. The van der Waals surface area contributed by atoms with Crippen molar-refractivity contribution in [2.75, 3.05) is 6.54 Å². The van der Waals surface area contributed by atoms with Crippen molar-refractivity contribution in [2.24, 2.45) is 5.10 Å². The summed E-state index contributed by atoms with van der Waals surface area (Å²) in [6.45, 7) is 1.72. The molecule has 1 fully saturated rings. The van der Waals surface area contributed by atoms with Gasteiger partial charge >= 0.3 is 0 Å². The summed E-state index contributed by atoms with van der Waals surface area (Å²) in [4.78, 5) is 12.7. The van der Waals surface area contributed by atoms with Crippen molar-refractivity contribution < 1.29 is 13.2 Å². The van der Waals surface area contributed by atoms with Crippen LogP contribution in [-0.4, -0.2) is 37.4 Å². The minimum atomic E-state index is -3.80. The molecule has 2 aromatic carbocycles. The molecule has 1 aliphatic rings. The van der Waals surface area contributed by atoms with Gasteiger partial charge in [0.05, 0.1) is 17.7 Å². The molecule has 8 heteroatoms. The fourth-order valence-electron chi connectivity index (χ4n) is 3.63. The second kappa shape index (κ2) is 10.3. The molecule has 2 aromatic rings. The highest BCUT2D eigenvalue weighted by molar-refractivity contribution is 9.10. The highest BCUT2D eigenvalue weighted by Crippen LogP contribution is 2.28. The van der Waals surface area contributed by atoms with Crippen LogP contribution in [-0.2, 0) is 14.8 Å². The molecule has 160 valence electrons. The molecule has 0 saturated heterocycles. The first-order valence-electron chi connectivity index (χ1n) is 10.0. The molecule has 0 heterocycles. The number of nitrogens with one attached hydrogen (secondary N) is 1. The lowest BCUT2D eigenvalue weighted by Crippen LogP contribution is -2.46. The lowest BCUT2D eigenvalue weighted by Gasteiger charge is -2.32. The van der Waals surface area contributed by atoms with E-state index in [2.05, 4.69) is 26.5 Å². The van der Waals surface area contributed by atoms with Crippen LogP contribution in [0.2, 0.25) is 0 Å². The van der Waals surface area contributed by atoms with Gasteiger partial charge in [0, 0.05) is 10.5 Å². The Morgan fingerprint density at radius 2 is 1.87 bits per heavy atom. The van der Waals surface area contributed by atoms with E-state index in [4.69, 9.17) is 0 Å². The summed E-state index contributed by atoms with van der Waals surface area (Å²) in [5.41, 5.74) is 4.42. The zero-order valence-electron chi connectivity index (χ0n) is 16.9. The normalized spacial score (nSPS) is 15.6. The van der Waals surface area contributed by atoms with E-state index in [0.29, 0.717) is 0 Å². The van der Waals surface area contributed by atoms with Crippen LogP contribution < -0.4 is 5.43 Å². The molecule has 1 saturated carbocycles. The number of aryl methyl sites for hydroxylation is 1. The number of rotatable bonds is 7. The van der Waals surface area contributed by atoms with E-state index in [0.717, 1.165) is 47.7 Å². The highest BCUT2D eigenvalue weighted by atomic mass is 79.9. The van der Waals surface area contributed by atoms with Crippen molar-refractivity contribution in [3.05, 3.63) is 64.1 Å². The summed E-state index contributed by atoms with van der Waals surface area (Å²) in [7, 11) is -3.80. The molecule has 6 nitrogen and oxygen atoms in total. The van der Waals surface area contributed by atoms with Crippen LogP contribution in [0.5, 0.6) is 0 Å². The van der Waals surface area contributed by atoms with E-state index in [-0.39, 0.29) is 17.5 Å². The van der Waals surface area contributed by atoms with E-state index in [1.807, 2.05) is 31.2 Å². The fraction of sp³-hybridized carbons (Fsp3) is 0.364. The molecule has 1 amide bonds. The van der Waals surface area contributed by atoms with Crippen LogP contribution in [0.1, 0.15) is 43.2 Å². The maximum absolute atomic E-state index is 13.3. The maximum Gasteiger partial charge on any atom is 0.255 e. The first kappa shape index (κ1) is 22.7. The van der Waals surface area contributed by atoms with Gasteiger partial charge in [0.1, 0.15) is 0 Å².